The van der Waals surface area contributed by atoms with Crippen molar-refractivity contribution in [1.29, 1.82) is 0 Å². The number of phenolic OH excluding ortho intramolecular Hbond substituents is 1. The lowest BCUT2D eigenvalue weighted by atomic mass is 9.95. The summed E-state index contributed by atoms with van der Waals surface area (Å²) in [5.41, 5.74) is 1.14. The summed E-state index contributed by atoms with van der Waals surface area (Å²) in [6, 6.07) is 7.79. The summed E-state index contributed by atoms with van der Waals surface area (Å²) in [5.74, 6) is 0.519. The van der Waals surface area contributed by atoms with Gasteiger partial charge in [-0.05, 0) is 44.0 Å². The summed E-state index contributed by atoms with van der Waals surface area (Å²) in [5, 5.41) is 12.7. The molecule has 1 atom stereocenters. The second-order valence-corrected chi connectivity index (χ2v) is 7.23. The highest BCUT2D eigenvalue weighted by molar-refractivity contribution is 5.80. The molecule has 0 aromatic heterocycles. The second kappa shape index (κ2) is 7.88. The number of anilines is 1. The van der Waals surface area contributed by atoms with Gasteiger partial charge >= 0.3 is 0 Å². The lowest BCUT2D eigenvalue weighted by Gasteiger charge is -2.36. The van der Waals surface area contributed by atoms with E-state index in [4.69, 9.17) is 0 Å². The van der Waals surface area contributed by atoms with Gasteiger partial charge in [0, 0.05) is 11.7 Å². The molecule has 2 aliphatic rings. The molecule has 0 radical (unpaired) electrons. The highest BCUT2D eigenvalue weighted by Gasteiger charge is 2.30. The topological polar surface area (TPSA) is 57.0 Å². The third-order valence-corrected chi connectivity index (χ3v) is 5.58. The standard InChI is InChI=1S/C19H29N3O2/c1-15(19(24)20-16-5-3-2-4-6-16)21-11-13-22(14-12-21)17-7-9-18(23)10-8-17/h7-10,15-16,23H,2-6,11-14H2,1H3,(H,20,24)/p+1/t15-/m1/s1. The number of amides is 1. The van der Waals surface area contributed by atoms with E-state index in [0.29, 0.717) is 11.8 Å². The summed E-state index contributed by atoms with van der Waals surface area (Å²) in [4.78, 5) is 16.2. The predicted octanol–water partition coefficient (Wildman–Crippen LogP) is 0.935. The van der Waals surface area contributed by atoms with Crippen LogP contribution in [-0.4, -0.2) is 49.3 Å². The molecule has 5 heteroatoms. The molecule has 1 aromatic rings. The fourth-order valence-electron chi connectivity index (χ4n) is 3.91. The molecule has 1 amide bonds. The molecule has 1 aromatic carbocycles. The first kappa shape index (κ1) is 17.1. The Hall–Kier alpha value is -1.75. The molecule has 0 unspecified atom stereocenters. The molecule has 1 aliphatic heterocycles. The van der Waals surface area contributed by atoms with E-state index in [1.54, 1.807) is 12.1 Å². The molecule has 132 valence electrons. The van der Waals surface area contributed by atoms with Crippen molar-refractivity contribution in [2.45, 2.75) is 51.1 Å². The number of carbonyl (C=O) groups excluding carboxylic acids is 1. The van der Waals surface area contributed by atoms with Crippen molar-refractivity contribution in [3.63, 3.8) is 0 Å². The second-order valence-electron chi connectivity index (χ2n) is 7.23. The lowest BCUT2D eigenvalue weighted by molar-refractivity contribution is -0.914. The lowest BCUT2D eigenvalue weighted by Crippen LogP contribution is -3.19. The summed E-state index contributed by atoms with van der Waals surface area (Å²) in [6.07, 6.45) is 6.09. The third kappa shape index (κ3) is 4.20. The predicted molar refractivity (Wildman–Crippen MR) is 95.5 cm³/mol. The Bertz CT molecular complexity index is 532. The minimum Gasteiger partial charge on any atom is -0.508 e. The van der Waals surface area contributed by atoms with Crippen molar-refractivity contribution in [2.24, 2.45) is 0 Å². The molecule has 2 fully saturated rings. The van der Waals surface area contributed by atoms with E-state index in [9.17, 15) is 9.90 Å². The molecule has 3 N–H and O–H groups in total. The highest BCUT2D eigenvalue weighted by atomic mass is 16.3. The molecule has 1 saturated carbocycles. The van der Waals surface area contributed by atoms with Gasteiger partial charge in [0.15, 0.2) is 6.04 Å². The average molecular weight is 332 g/mol. The van der Waals surface area contributed by atoms with Gasteiger partial charge in [0.05, 0.1) is 26.2 Å². The van der Waals surface area contributed by atoms with Crippen LogP contribution in [0.1, 0.15) is 39.0 Å². The van der Waals surface area contributed by atoms with Crippen LogP contribution in [0.5, 0.6) is 5.75 Å². The van der Waals surface area contributed by atoms with Crippen LogP contribution in [0, 0.1) is 0 Å². The molecular formula is C19H30N3O2+. The maximum atomic E-state index is 12.5. The van der Waals surface area contributed by atoms with E-state index in [1.807, 2.05) is 12.1 Å². The Morgan fingerprint density at radius 3 is 2.42 bits per heavy atom. The van der Waals surface area contributed by atoms with Crippen LogP contribution < -0.4 is 15.1 Å². The Kier molecular flexibility index (Phi) is 5.61. The van der Waals surface area contributed by atoms with Crippen molar-refractivity contribution >= 4 is 11.6 Å². The van der Waals surface area contributed by atoms with E-state index in [0.717, 1.165) is 44.7 Å². The van der Waals surface area contributed by atoms with Gasteiger partial charge in [-0.3, -0.25) is 4.79 Å². The first-order valence-electron chi connectivity index (χ1n) is 9.32. The van der Waals surface area contributed by atoms with E-state index >= 15 is 0 Å². The van der Waals surface area contributed by atoms with Crippen molar-refractivity contribution in [2.75, 3.05) is 31.1 Å². The monoisotopic (exact) mass is 332 g/mol. The van der Waals surface area contributed by atoms with Crippen LogP contribution in [0.4, 0.5) is 5.69 Å². The van der Waals surface area contributed by atoms with E-state index < -0.39 is 0 Å². The Morgan fingerprint density at radius 1 is 1.17 bits per heavy atom. The minimum absolute atomic E-state index is 0.0221. The van der Waals surface area contributed by atoms with Crippen LogP contribution in [-0.2, 0) is 4.79 Å². The third-order valence-electron chi connectivity index (χ3n) is 5.58. The number of nitrogens with one attached hydrogen (secondary N) is 2. The minimum atomic E-state index is 0.0221. The number of quaternary nitrogens is 1. The first-order chi connectivity index (χ1) is 11.6. The molecule has 0 spiro atoms. The van der Waals surface area contributed by atoms with Crippen molar-refractivity contribution in [3.8, 4) is 5.75 Å². The first-order valence-corrected chi connectivity index (χ1v) is 9.32. The highest BCUT2D eigenvalue weighted by Crippen LogP contribution is 2.18. The van der Waals surface area contributed by atoms with Crippen molar-refractivity contribution in [3.05, 3.63) is 24.3 Å². The molecule has 5 nitrogen and oxygen atoms in total. The van der Waals surface area contributed by atoms with Gasteiger partial charge in [0.25, 0.3) is 5.91 Å². The molecule has 1 aliphatic carbocycles. The van der Waals surface area contributed by atoms with Gasteiger partial charge in [-0.25, -0.2) is 0 Å². The largest absolute Gasteiger partial charge is 0.508 e. The zero-order chi connectivity index (χ0) is 16.9. The Morgan fingerprint density at radius 2 is 1.79 bits per heavy atom. The zero-order valence-electron chi connectivity index (χ0n) is 14.6. The molecule has 0 bridgehead atoms. The fraction of sp³-hybridized carbons (Fsp3) is 0.632. The van der Waals surface area contributed by atoms with Crippen LogP contribution >= 0.6 is 0 Å². The van der Waals surface area contributed by atoms with Crippen molar-refractivity contribution in [1.82, 2.24) is 5.32 Å². The molecule has 3 rings (SSSR count). The normalized spacial score (nSPS) is 21.5. The number of piperazine rings is 1. The Labute approximate surface area is 144 Å². The van der Waals surface area contributed by atoms with E-state index in [1.165, 1.54) is 24.2 Å². The molecule has 1 heterocycles. The summed E-state index contributed by atoms with van der Waals surface area (Å²) in [7, 11) is 0. The van der Waals surface area contributed by atoms with E-state index in [-0.39, 0.29) is 11.9 Å². The number of aromatic hydroxyl groups is 1. The molecule has 1 saturated heterocycles. The zero-order valence-corrected chi connectivity index (χ0v) is 14.6. The summed E-state index contributed by atoms with van der Waals surface area (Å²) in [6.45, 7) is 5.90. The van der Waals surface area contributed by atoms with Gasteiger partial charge in [-0.15, -0.1) is 0 Å². The molecular weight excluding hydrogens is 302 g/mol. The number of nitrogens with zero attached hydrogens (tertiary/aromatic N) is 1. The number of benzene rings is 1. The van der Waals surface area contributed by atoms with Gasteiger partial charge < -0.3 is 20.2 Å². The van der Waals surface area contributed by atoms with Crippen LogP contribution in [0.3, 0.4) is 0 Å². The number of rotatable bonds is 4. The number of carbonyl (C=O) groups is 1. The number of hydrogen-bond acceptors (Lipinski definition) is 3. The Balaban J connectivity index is 1.48. The summed E-state index contributed by atoms with van der Waals surface area (Å²) >= 11 is 0. The van der Waals surface area contributed by atoms with Crippen LogP contribution in [0.15, 0.2) is 24.3 Å². The average Bonchev–Trinajstić information content (AvgIpc) is 2.63. The quantitative estimate of drug-likeness (QED) is 0.769. The summed E-state index contributed by atoms with van der Waals surface area (Å²) < 4.78 is 0. The maximum Gasteiger partial charge on any atom is 0.278 e. The van der Waals surface area contributed by atoms with Gasteiger partial charge in [-0.1, -0.05) is 19.3 Å². The van der Waals surface area contributed by atoms with Gasteiger partial charge in [-0.2, -0.15) is 0 Å². The van der Waals surface area contributed by atoms with Crippen molar-refractivity contribution < 1.29 is 14.8 Å². The SMILES string of the molecule is C[C@H](C(=O)NC1CCCCC1)[NH+]1CCN(c2ccc(O)cc2)CC1. The van der Waals surface area contributed by atoms with Gasteiger partial charge in [0.2, 0.25) is 0 Å². The van der Waals surface area contributed by atoms with E-state index in [2.05, 4.69) is 17.1 Å². The number of phenols is 1. The molecule has 24 heavy (non-hydrogen) atoms. The van der Waals surface area contributed by atoms with Crippen LogP contribution in [0.25, 0.3) is 0 Å². The van der Waals surface area contributed by atoms with Gasteiger partial charge in [0.1, 0.15) is 5.75 Å². The number of hydrogen-bond donors (Lipinski definition) is 3. The van der Waals surface area contributed by atoms with Crippen LogP contribution in [0.2, 0.25) is 0 Å². The maximum absolute atomic E-state index is 12.5. The fourth-order valence-corrected chi connectivity index (χ4v) is 3.91. The smallest absolute Gasteiger partial charge is 0.278 e.